The lowest BCUT2D eigenvalue weighted by atomic mass is 10.3. The minimum absolute atomic E-state index is 0.144. The van der Waals surface area contributed by atoms with Crippen LogP contribution in [0, 0.1) is 0 Å². The van der Waals surface area contributed by atoms with Gasteiger partial charge in [-0.25, -0.2) is 4.98 Å². The van der Waals surface area contributed by atoms with Crippen LogP contribution in [0.1, 0.15) is 5.69 Å². The van der Waals surface area contributed by atoms with Crippen molar-refractivity contribution in [2.45, 2.75) is 6.42 Å². The molecule has 1 aromatic heterocycles. The van der Waals surface area contributed by atoms with E-state index in [0.717, 1.165) is 0 Å². The van der Waals surface area contributed by atoms with Crippen LogP contribution in [0.15, 0.2) is 17.0 Å². The van der Waals surface area contributed by atoms with E-state index in [2.05, 4.69) is 30.6 Å². The molecule has 0 atom stereocenters. The average molecular weight is 231 g/mol. The molecule has 0 saturated heterocycles. The van der Waals surface area contributed by atoms with Crippen LogP contribution in [0.2, 0.25) is 0 Å². The van der Waals surface area contributed by atoms with E-state index in [1.807, 2.05) is 0 Å². The van der Waals surface area contributed by atoms with Crippen LogP contribution in [0.5, 0.6) is 0 Å². The van der Waals surface area contributed by atoms with Crippen LogP contribution in [0.4, 0.5) is 0 Å². The lowest BCUT2D eigenvalue weighted by molar-refractivity contribution is -0.139. The minimum Gasteiger partial charge on any atom is -0.469 e. The lowest BCUT2D eigenvalue weighted by Crippen LogP contribution is -2.07. The Balaban J connectivity index is 2.75. The van der Waals surface area contributed by atoms with E-state index in [1.165, 1.54) is 13.3 Å². The van der Waals surface area contributed by atoms with Gasteiger partial charge in [-0.3, -0.25) is 9.78 Å². The Morgan fingerprint density at radius 3 is 2.83 bits per heavy atom. The van der Waals surface area contributed by atoms with Crippen molar-refractivity contribution >= 4 is 21.9 Å². The van der Waals surface area contributed by atoms with Crippen LogP contribution in [0.25, 0.3) is 0 Å². The molecule has 0 fully saturated rings. The summed E-state index contributed by atoms with van der Waals surface area (Å²) in [6.45, 7) is 0. The van der Waals surface area contributed by atoms with Gasteiger partial charge in [-0.05, 0) is 15.9 Å². The number of hydrogen-bond acceptors (Lipinski definition) is 4. The molecule has 0 unspecified atom stereocenters. The molecule has 0 aliphatic rings. The van der Waals surface area contributed by atoms with Crippen LogP contribution >= 0.6 is 15.9 Å². The molecular weight excluding hydrogens is 224 g/mol. The molecule has 4 nitrogen and oxygen atoms in total. The zero-order chi connectivity index (χ0) is 8.97. The smallest absolute Gasteiger partial charge is 0.311 e. The van der Waals surface area contributed by atoms with E-state index >= 15 is 0 Å². The van der Waals surface area contributed by atoms with Crippen LogP contribution in [-0.2, 0) is 16.0 Å². The van der Waals surface area contributed by atoms with Gasteiger partial charge >= 0.3 is 5.97 Å². The van der Waals surface area contributed by atoms with Crippen molar-refractivity contribution in [3.8, 4) is 0 Å². The van der Waals surface area contributed by atoms with Gasteiger partial charge in [0.2, 0.25) is 0 Å². The first kappa shape index (κ1) is 9.12. The highest BCUT2D eigenvalue weighted by Gasteiger charge is 2.07. The molecule has 0 spiro atoms. The van der Waals surface area contributed by atoms with Gasteiger partial charge in [-0.1, -0.05) is 0 Å². The van der Waals surface area contributed by atoms with Gasteiger partial charge in [0.1, 0.15) is 4.60 Å². The fraction of sp³-hybridized carbons (Fsp3) is 0.286. The summed E-state index contributed by atoms with van der Waals surface area (Å²) in [7, 11) is 1.34. The highest BCUT2D eigenvalue weighted by molar-refractivity contribution is 9.10. The maximum atomic E-state index is 10.8. The third kappa shape index (κ3) is 2.27. The third-order valence-electron chi connectivity index (χ3n) is 1.26. The number of nitrogens with zero attached hydrogens (tertiary/aromatic N) is 2. The number of rotatable bonds is 2. The highest BCUT2D eigenvalue weighted by atomic mass is 79.9. The maximum absolute atomic E-state index is 10.8. The second-order valence-corrected chi connectivity index (χ2v) is 2.80. The molecule has 0 radical (unpaired) electrons. The summed E-state index contributed by atoms with van der Waals surface area (Å²) in [5, 5.41) is 0. The molecule has 0 saturated carbocycles. The van der Waals surface area contributed by atoms with Gasteiger partial charge in [-0.2, -0.15) is 0 Å². The predicted molar refractivity (Wildman–Crippen MR) is 45.5 cm³/mol. The number of ether oxygens (including phenoxy) is 1. The first-order valence-corrected chi connectivity index (χ1v) is 4.05. The van der Waals surface area contributed by atoms with E-state index in [0.29, 0.717) is 10.3 Å². The first-order valence-electron chi connectivity index (χ1n) is 3.26. The molecule has 1 rings (SSSR count). The number of methoxy groups -OCH3 is 1. The minimum atomic E-state index is -0.323. The topological polar surface area (TPSA) is 52.1 Å². The molecule has 1 heterocycles. The summed E-state index contributed by atoms with van der Waals surface area (Å²) in [4.78, 5) is 18.7. The molecule has 12 heavy (non-hydrogen) atoms. The summed E-state index contributed by atoms with van der Waals surface area (Å²) in [5.41, 5.74) is 0.587. The largest absolute Gasteiger partial charge is 0.469 e. The van der Waals surface area contributed by atoms with E-state index < -0.39 is 0 Å². The SMILES string of the molecule is COC(=O)Cc1nccnc1Br. The predicted octanol–water partition coefficient (Wildman–Crippen LogP) is 0.955. The Morgan fingerprint density at radius 2 is 2.25 bits per heavy atom. The highest BCUT2D eigenvalue weighted by Crippen LogP contribution is 2.10. The Labute approximate surface area is 78.1 Å². The monoisotopic (exact) mass is 230 g/mol. The molecule has 0 aromatic carbocycles. The third-order valence-corrected chi connectivity index (χ3v) is 1.92. The Morgan fingerprint density at radius 1 is 1.58 bits per heavy atom. The second kappa shape index (κ2) is 4.15. The van der Waals surface area contributed by atoms with E-state index in [-0.39, 0.29) is 12.4 Å². The van der Waals surface area contributed by atoms with Gasteiger partial charge in [-0.15, -0.1) is 0 Å². The number of esters is 1. The summed E-state index contributed by atoms with van der Waals surface area (Å²) in [6.07, 6.45) is 3.22. The second-order valence-electron chi connectivity index (χ2n) is 2.05. The van der Waals surface area contributed by atoms with Crippen molar-refractivity contribution in [2.24, 2.45) is 0 Å². The van der Waals surface area contributed by atoms with Gasteiger partial charge < -0.3 is 4.74 Å². The number of aromatic nitrogens is 2. The van der Waals surface area contributed by atoms with Crippen LogP contribution < -0.4 is 0 Å². The fourth-order valence-corrected chi connectivity index (χ4v) is 1.04. The Hall–Kier alpha value is -0.970. The van der Waals surface area contributed by atoms with Gasteiger partial charge in [0.25, 0.3) is 0 Å². The standard InChI is InChI=1S/C7H7BrN2O2/c1-12-6(11)4-5-7(8)10-3-2-9-5/h2-3H,4H2,1H3. The number of carbonyl (C=O) groups excluding carboxylic acids is 1. The molecule has 0 aliphatic carbocycles. The summed E-state index contributed by atoms with van der Waals surface area (Å²) in [5.74, 6) is -0.323. The van der Waals surface area contributed by atoms with E-state index in [4.69, 9.17) is 0 Å². The molecule has 0 bridgehead atoms. The van der Waals surface area contributed by atoms with Crippen molar-refractivity contribution in [1.82, 2.24) is 9.97 Å². The van der Waals surface area contributed by atoms with Gasteiger partial charge in [0.15, 0.2) is 0 Å². The molecular formula is C7H7BrN2O2. The first-order chi connectivity index (χ1) is 5.74. The number of hydrogen-bond donors (Lipinski definition) is 0. The molecule has 64 valence electrons. The average Bonchev–Trinajstić information content (AvgIpc) is 2.09. The maximum Gasteiger partial charge on any atom is 0.311 e. The Kier molecular flexibility index (Phi) is 3.16. The zero-order valence-corrected chi connectivity index (χ0v) is 8.04. The molecule has 0 amide bonds. The van der Waals surface area contributed by atoms with Crippen molar-refractivity contribution in [2.75, 3.05) is 7.11 Å². The van der Waals surface area contributed by atoms with Gasteiger partial charge in [0, 0.05) is 12.4 Å². The molecule has 5 heteroatoms. The van der Waals surface area contributed by atoms with Crippen molar-refractivity contribution < 1.29 is 9.53 Å². The van der Waals surface area contributed by atoms with Crippen molar-refractivity contribution in [3.05, 3.63) is 22.7 Å². The summed E-state index contributed by atoms with van der Waals surface area (Å²) in [6, 6.07) is 0. The molecule has 0 N–H and O–H groups in total. The summed E-state index contributed by atoms with van der Waals surface area (Å²) < 4.78 is 5.06. The van der Waals surface area contributed by atoms with Crippen LogP contribution in [0.3, 0.4) is 0 Å². The Bertz CT molecular complexity index is 290. The number of carbonyl (C=O) groups is 1. The lowest BCUT2D eigenvalue weighted by Gasteiger charge is -1.99. The zero-order valence-electron chi connectivity index (χ0n) is 6.45. The molecule has 0 aliphatic heterocycles. The quantitative estimate of drug-likeness (QED) is 0.711. The summed E-state index contributed by atoms with van der Waals surface area (Å²) >= 11 is 3.17. The van der Waals surface area contributed by atoms with Crippen molar-refractivity contribution in [3.63, 3.8) is 0 Å². The van der Waals surface area contributed by atoms with Gasteiger partial charge in [0.05, 0.1) is 19.2 Å². The van der Waals surface area contributed by atoms with E-state index in [9.17, 15) is 4.79 Å². The van der Waals surface area contributed by atoms with Crippen molar-refractivity contribution in [1.29, 1.82) is 0 Å². The number of halogens is 1. The normalized spacial score (nSPS) is 9.50. The fourth-order valence-electron chi connectivity index (χ4n) is 0.677. The molecule has 1 aromatic rings. The van der Waals surface area contributed by atoms with Crippen LogP contribution in [-0.4, -0.2) is 23.0 Å². The van der Waals surface area contributed by atoms with E-state index in [1.54, 1.807) is 6.20 Å².